The first kappa shape index (κ1) is 14.2. The van der Waals surface area contributed by atoms with Gasteiger partial charge in [0.2, 0.25) is 0 Å². The van der Waals surface area contributed by atoms with Crippen LogP contribution in [0.3, 0.4) is 0 Å². The summed E-state index contributed by atoms with van der Waals surface area (Å²) in [6, 6.07) is 6.31. The molecule has 1 aliphatic carbocycles. The molecule has 1 aromatic heterocycles. The van der Waals surface area contributed by atoms with Crippen molar-refractivity contribution < 1.29 is 9.13 Å². The molecule has 0 aliphatic heterocycles. The van der Waals surface area contributed by atoms with Crippen molar-refractivity contribution in [3.63, 3.8) is 0 Å². The Hall–Kier alpha value is -1.76. The smallest absolute Gasteiger partial charge is 0.344 e. The zero-order valence-corrected chi connectivity index (χ0v) is 12.2. The summed E-state index contributed by atoms with van der Waals surface area (Å²) >= 11 is 1.55. The number of H-pyrrole nitrogens is 1. The van der Waals surface area contributed by atoms with Crippen molar-refractivity contribution in [3.8, 4) is 5.75 Å². The highest BCUT2D eigenvalue weighted by molar-refractivity contribution is 7.99. The molecule has 1 aromatic carbocycles. The van der Waals surface area contributed by atoms with E-state index in [0.29, 0.717) is 18.4 Å². The second-order valence-electron chi connectivity index (χ2n) is 4.92. The number of ether oxygens (including phenoxy) is 1. The number of halogens is 1. The molecule has 0 amide bonds. The van der Waals surface area contributed by atoms with Crippen LogP contribution in [0, 0.1) is 5.82 Å². The van der Waals surface area contributed by atoms with Gasteiger partial charge in [-0.25, -0.2) is 14.3 Å². The van der Waals surface area contributed by atoms with E-state index in [2.05, 4.69) is 10.2 Å². The summed E-state index contributed by atoms with van der Waals surface area (Å²) in [6.07, 6.45) is 2.94. The lowest BCUT2D eigenvalue weighted by Gasteiger charge is -2.06. The molecular formula is C14H16FN3O2S. The summed E-state index contributed by atoms with van der Waals surface area (Å²) in [5.74, 6) is 1.21. The SMILES string of the molecule is O=c1[nH]nc(SCCCOc2ccc(F)cc2)n1C1CC1. The molecule has 0 unspecified atom stereocenters. The lowest BCUT2D eigenvalue weighted by Crippen LogP contribution is -2.16. The molecule has 0 radical (unpaired) electrons. The highest BCUT2D eigenvalue weighted by atomic mass is 32.2. The maximum atomic E-state index is 12.7. The average molecular weight is 309 g/mol. The van der Waals surface area contributed by atoms with Crippen molar-refractivity contribution in [3.05, 3.63) is 40.6 Å². The quantitative estimate of drug-likeness (QED) is 0.631. The molecule has 1 heterocycles. The Bertz CT molecular complexity index is 649. The zero-order valence-electron chi connectivity index (χ0n) is 11.4. The number of aromatic amines is 1. The van der Waals surface area contributed by atoms with Crippen LogP contribution >= 0.6 is 11.8 Å². The number of aromatic nitrogens is 3. The Morgan fingerprint density at radius 1 is 1.38 bits per heavy atom. The van der Waals surface area contributed by atoms with Gasteiger partial charge in [-0.05, 0) is 43.5 Å². The molecule has 2 aromatic rings. The van der Waals surface area contributed by atoms with E-state index in [0.717, 1.165) is 30.2 Å². The summed E-state index contributed by atoms with van der Waals surface area (Å²) < 4.78 is 20.0. The number of benzene rings is 1. The van der Waals surface area contributed by atoms with Crippen LogP contribution in [0.4, 0.5) is 4.39 Å². The van der Waals surface area contributed by atoms with Gasteiger partial charge < -0.3 is 4.74 Å². The maximum absolute atomic E-state index is 12.7. The Balaban J connectivity index is 1.42. The van der Waals surface area contributed by atoms with Crippen LogP contribution in [-0.2, 0) is 0 Å². The molecule has 112 valence electrons. The van der Waals surface area contributed by atoms with Gasteiger partial charge in [-0.15, -0.1) is 5.10 Å². The Morgan fingerprint density at radius 2 is 2.14 bits per heavy atom. The molecule has 1 aliphatic rings. The fraction of sp³-hybridized carbons (Fsp3) is 0.429. The minimum Gasteiger partial charge on any atom is -0.494 e. The van der Waals surface area contributed by atoms with Crippen LogP contribution in [0.1, 0.15) is 25.3 Å². The van der Waals surface area contributed by atoms with Crippen LogP contribution in [0.2, 0.25) is 0 Å². The van der Waals surface area contributed by atoms with Gasteiger partial charge in [0.25, 0.3) is 0 Å². The molecule has 0 saturated heterocycles. The van der Waals surface area contributed by atoms with Crippen LogP contribution in [-0.4, -0.2) is 27.1 Å². The molecule has 5 nitrogen and oxygen atoms in total. The minimum absolute atomic E-state index is 0.123. The van der Waals surface area contributed by atoms with Crippen molar-refractivity contribution in [2.45, 2.75) is 30.5 Å². The number of nitrogens with one attached hydrogen (secondary N) is 1. The second-order valence-corrected chi connectivity index (χ2v) is 5.98. The molecule has 0 spiro atoms. The summed E-state index contributed by atoms with van der Waals surface area (Å²) in [5.41, 5.74) is -0.123. The Morgan fingerprint density at radius 3 is 2.86 bits per heavy atom. The topological polar surface area (TPSA) is 59.9 Å². The first-order valence-electron chi connectivity index (χ1n) is 6.92. The lowest BCUT2D eigenvalue weighted by atomic mass is 10.3. The fourth-order valence-electron chi connectivity index (χ4n) is 1.99. The predicted octanol–water partition coefficient (Wildman–Crippen LogP) is 2.61. The van der Waals surface area contributed by atoms with E-state index < -0.39 is 0 Å². The standard InChI is InChI=1S/C14H16FN3O2S/c15-10-2-6-12(7-3-10)20-8-1-9-21-14-17-16-13(19)18(14)11-4-5-11/h2-3,6-7,11H,1,4-5,8-9H2,(H,16,19). The van der Waals surface area contributed by atoms with Crippen LogP contribution < -0.4 is 10.4 Å². The molecular weight excluding hydrogens is 293 g/mol. The summed E-state index contributed by atoms with van der Waals surface area (Å²) in [6.45, 7) is 0.552. The number of nitrogens with zero attached hydrogens (tertiary/aromatic N) is 2. The van der Waals surface area contributed by atoms with Crippen LogP contribution in [0.15, 0.2) is 34.2 Å². The van der Waals surface area contributed by atoms with Crippen LogP contribution in [0.25, 0.3) is 0 Å². The van der Waals surface area contributed by atoms with Crippen molar-refractivity contribution in [2.24, 2.45) is 0 Å². The van der Waals surface area contributed by atoms with E-state index in [1.807, 2.05) is 0 Å². The van der Waals surface area contributed by atoms with Gasteiger partial charge in [-0.2, -0.15) is 0 Å². The number of hydrogen-bond acceptors (Lipinski definition) is 4. The third-order valence-electron chi connectivity index (χ3n) is 3.19. The van der Waals surface area contributed by atoms with Crippen molar-refractivity contribution >= 4 is 11.8 Å². The third-order valence-corrected chi connectivity index (χ3v) is 4.23. The average Bonchev–Trinajstić information content (AvgIpc) is 3.25. The largest absolute Gasteiger partial charge is 0.494 e. The van der Waals surface area contributed by atoms with E-state index in [1.54, 1.807) is 28.5 Å². The number of rotatable bonds is 7. The molecule has 0 bridgehead atoms. The normalized spacial score (nSPS) is 14.3. The van der Waals surface area contributed by atoms with Gasteiger partial charge in [0.15, 0.2) is 5.16 Å². The van der Waals surface area contributed by atoms with Gasteiger partial charge in [0, 0.05) is 11.8 Å². The maximum Gasteiger partial charge on any atom is 0.344 e. The first-order valence-corrected chi connectivity index (χ1v) is 7.90. The van der Waals surface area contributed by atoms with Gasteiger partial charge in [-0.1, -0.05) is 11.8 Å². The molecule has 21 heavy (non-hydrogen) atoms. The van der Waals surface area contributed by atoms with Gasteiger partial charge in [0.1, 0.15) is 11.6 Å². The molecule has 0 atom stereocenters. The van der Waals surface area contributed by atoms with Gasteiger partial charge in [-0.3, -0.25) is 4.57 Å². The van der Waals surface area contributed by atoms with E-state index in [-0.39, 0.29) is 11.5 Å². The minimum atomic E-state index is -0.269. The monoisotopic (exact) mass is 309 g/mol. The predicted molar refractivity (Wildman–Crippen MR) is 78.4 cm³/mol. The highest BCUT2D eigenvalue weighted by Gasteiger charge is 2.28. The molecule has 7 heteroatoms. The van der Waals surface area contributed by atoms with Gasteiger partial charge >= 0.3 is 5.69 Å². The van der Waals surface area contributed by atoms with E-state index >= 15 is 0 Å². The zero-order chi connectivity index (χ0) is 14.7. The Labute approximate surface area is 125 Å². The first-order chi connectivity index (χ1) is 10.2. The fourth-order valence-corrected chi connectivity index (χ4v) is 2.92. The van der Waals surface area contributed by atoms with E-state index in [9.17, 15) is 9.18 Å². The lowest BCUT2D eigenvalue weighted by molar-refractivity contribution is 0.318. The number of hydrogen-bond donors (Lipinski definition) is 1. The van der Waals surface area contributed by atoms with E-state index in [1.165, 1.54) is 12.1 Å². The van der Waals surface area contributed by atoms with Crippen LogP contribution in [0.5, 0.6) is 5.75 Å². The highest BCUT2D eigenvalue weighted by Crippen LogP contribution is 2.36. The molecule has 1 saturated carbocycles. The molecule has 1 fully saturated rings. The summed E-state index contributed by atoms with van der Waals surface area (Å²) in [7, 11) is 0. The molecule has 1 N–H and O–H groups in total. The van der Waals surface area contributed by atoms with E-state index in [4.69, 9.17) is 4.74 Å². The van der Waals surface area contributed by atoms with Gasteiger partial charge in [0.05, 0.1) is 6.61 Å². The summed E-state index contributed by atoms with van der Waals surface area (Å²) in [5, 5.41) is 7.30. The Kier molecular flexibility index (Phi) is 4.28. The van der Waals surface area contributed by atoms with Crippen molar-refractivity contribution in [1.82, 2.24) is 14.8 Å². The van der Waals surface area contributed by atoms with Crippen molar-refractivity contribution in [2.75, 3.05) is 12.4 Å². The number of thioether (sulfide) groups is 1. The second kappa shape index (κ2) is 6.34. The molecule has 3 rings (SSSR count). The summed E-state index contributed by atoms with van der Waals surface area (Å²) in [4.78, 5) is 11.6. The van der Waals surface area contributed by atoms with Crippen molar-refractivity contribution in [1.29, 1.82) is 0 Å². The third kappa shape index (κ3) is 3.66.